The van der Waals surface area contributed by atoms with Crippen LogP contribution in [-0.2, 0) is 14.9 Å². The van der Waals surface area contributed by atoms with E-state index in [9.17, 15) is 23.4 Å². The number of aliphatic hydroxyl groups is 2. The van der Waals surface area contributed by atoms with Crippen molar-refractivity contribution in [2.75, 3.05) is 12.3 Å². The molecule has 0 aromatic heterocycles. The Morgan fingerprint density at radius 1 is 1.03 bits per heavy atom. The summed E-state index contributed by atoms with van der Waals surface area (Å²) in [4.78, 5) is 12.2. The zero-order valence-corrected chi connectivity index (χ0v) is 21.9. The molecule has 4 aliphatic carbocycles. The minimum Gasteiger partial charge on any atom is -0.393 e. The van der Waals surface area contributed by atoms with Crippen molar-refractivity contribution in [2.24, 2.45) is 46.3 Å². The van der Waals surface area contributed by atoms with Gasteiger partial charge < -0.3 is 15.5 Å². The fourth-order valence-corrected chi connectivity index (χ4v) is 9.50. The molecule has 4 N–H and O–H groups in total. The molecule has 0 saturated heterocycles. The molecule has 8 heteroatoms. The van der Waals surface area contributed by atoms with Gasteiger partial charge in [0.1, 0.15) is 0 Å². The maximum Gasteiger partial charge on any atom is 0.266 e. The second kappa shape index (κ2) is 9.64. The molecule has 0 aromatic rings. The number of rotatable bonds is 7. The van der Waals surface area contributed by atoms with Crippen molar-refractivity contribution in [3.8, 4) is 0 Å². The van der Waals surface area contributed by atoms with Crippen molar-refractivity contribution in [2.45, 2.75) is 97.2 Å². The molecule has 1 amide bonds. The van der Waals surface area contributed by atoms with E-state index in [4.69, 9.17) is 4.55 Å². The molecule has 34 heavy (non-hydrogen) atoms. The summed E-state index contributed by atoms with van der Waals surface area (Å²) in [6, 6.07) is 0. The van der Waals surface area contributed by atoms with E-state index < -0.39 is 15.9 Å². The van der Waals surface area contributed by atoms with Gasteiger partial charge in [-0.1, -0.05) is 20.8 Å². The minimum atomic E-state index is -4.06. The Balaban J connectivity index is 1.39. The van der Waals surface area contributed by atoms with E-state index in [1.807, 2.05) is 0 Å². The second-order valence-electron chi connectivity index (χ2n) is 12.6. The number of nitrogens with one attached hydrogen (secondary N) is 1. The summed E-state index contributed by atoms with van der Waals surface area (Å²) >= 11 is 0. The number of hydrogen-bond acceptors (Lipinski definition) is 5. The first-order valence-corrected chi connectivity index (χ1v) is 15.0. The summed E-state index contributed by atoms with van der Waals surface area (Å²) in [6.07, 6.45) is 8.87. The molecule has 4 fully saturated rings. The van der Waals surface area contributed by atoms with Gasteiger partial charge in [-0.15, -0.1) is 0 Å². The van der Waals surface area contributed by atoms with Crippen molar-refractivity contribution >= 4 is 16.0 Å². The van der Waals surface area contributed by atoms with Crippen LogP contribution in [0.4, 0.5) is 0 Å². The van der Waals surface area contributed by atoms with Crippen molar-refractivity contribution in [1.29, 1.82) is 0 Å². The summed E-state index contributed by atoms with van der Waals surface area (Å²) < 4.78 is 30.5. The highest BCUT2D eigenvalue weighted by Crippen LogP contribution is 2.68. The van der Waals surface area contributed by atoms with Crippen molar-refractivity contribution in [3.63, 3.8) is 0 Å². The predicted molar refractivity (Wildman–Crippen MR) is 130 cm³/mol. The Morgan fingerprint density at radius 2 is 1.71 bits per heavy atom. The molecule has 0 spiro atoms. The van der Waals surface area contributed by atoms with Gasteiger partial charge in [-0.2, -0.15) is 8.42 Å². The molecule has 0 bridgehead atoms. The largest absolute Gasteiger partial charge is 0.393 e. The highest BCUT2D eigenvalue weighted by molar-refractivity contribution is 7.85. The number of aliphatic hydroxyl groups excluding tert-OH is 2. The smallest absolute Gasteiger partial charge is 0.266 e. The van der Waals surface area contributed by atoms with Crippen LogP contribution in [-0.4, -0.2) is 53.6 Å². The molecule has 4 aliphatic rings. The standard InChI is InChI=1S/C26H45NO6S/c1-16(4-7-23(30)27-12-13-34(31,32)33)19-5-6-20-24-21(9-11-26(19,20)3)25(2)10-8-18(28)14-17(25)15-22(24)29/h16-22,24,28-29H,4-15H2,1-3H3,(H,27,30)(H,31,32,33)/t16-,17?,18-,19-,20?,21?,22?,24?,25+,26-/m0/s1. The first-order chi connectivity index (χ1) is 15.8. The van der Waals surface area contributed by atoms with Crippen molar-refractivity contribution in [3.05, 3.63) is 0 Å². The van der Waals surface area contributed by atoms with Gasteiger partial charge >= 0.3 is 0 Å². The molecule has 0 aromatic carbocycles. The first-order valence-electron chi connectivity index (χ1n) is 13.4. The Labute approximate surface area is 205 Å². The zero-order chi connectivity index (χ0) is 24.9. The molecule has 0 radical (unpaired) electrons. The molecule has 0 aliphatic heterocycles. The van der Waals surface area contributed by atoms with Gasteiger partial charge in [0.2, 0.25) is 5.91 Å². The Hall–Kier alpha value is -0.700. The van der Waals surface area contributed by atoms with Crippen LogP contribution in [0, 0.1) is 46.3 Å². The van der Waals surface area contributed by atoms with Crippen molar-refractivity contribution in [1.82, 2.24) is 5.32 Å². The van der Waals surface area contributed by atoms with Gasteiger partial charge in [-0.25, -0.2) is 0 Å². The van der Waals surface area contributed by atoms with Gasteiger partial charge in [0.15, 0.2) is 0 Å². The summed E-state index contributed by atoms with van der Waals surface area (Å²) in [5.41, 5.74) is 0.411. The lowest BCUT2D eigenvalue weighted by molar-refractivity contribution is -0.174. The van der Waals surface area contributed by atoms with Crippen LogP contribution in [0.5, 0.6) is 0 Å². The maximum atomic E-state index is 12.2. The van der Waals surface area contributed by atoms with Crippen LogP contribution in [0.3, 0.4) is 0 Å². The Bertz CT molecular complexity index is 863. The van der Waals surface area contributed by atoms with Crippen LogP contribution in [0.1, 0.15) is 85.0 Å². The highest BCUT2D eigenvalue weighted by atomic mass is 32.2. The normalized spacial score (nSPS) is 45.1. The predicted octanol–water partition coefficient (Wildman–Crippen LogP) is 3.40. The molecule has 5 unspecified atom stereocenters. The van der Waals surface area contributed by atoms with E-state index in [1.165, 1.54) is 6.42 Å². The molecule has 4 saturated carbocycles. The molecular weight excluding hydrogens is 454 g/mol. The van der Waals surface area contributed by atoms with Gasteiger partial charge in [0, 0.05) is 13.0 Å². The quantitative estimate of drug-likeness (QED) is 0.398. The van der Waals surface area contributed by atoms with Crippen LogP contribution in [0.25, 0.3) is 0 Å². The monoisotopic (exact) mass is 499 g/mol. The number of carbonyl (C=O) groups is 1. The fourth-order valence-electron chi connectivity index (χ4n) is 9.14. The number of carbonyl (C=O) groups excluding carboxylic acids is 1. The molecule has 10 atom stereocenters. The minimum absolute atomic E-state index is 0.0625. The van der Waals surface area contributed by atoms with Gasteiger partial charge in [0.25, 0.3) is 10.1 Å². The zero-order valence-electron chi connectivity index (χ0n) is 21.1. The van der Waals surface area contributed by atoms with Crippen LogP contribution in [0.15, 0.2) is 0 Å². The van der Waals surface area contributed by atoms with Gasteiger partial charge in [0.05, 0.1) is 18.0 Å². The third kappa shape index (κ3) is 4.94. The fraction of sp³-hybridized carbons (Fsp3) is 0.962. The lowest BCUT2D eigenvalue weighted by Crippen LogP contribution is -2.58. The summed E-state index contributed by atoms with van der Waals surface area (Å²) in [6.45, 7) is 7.05. The lowest BCUT2D eigenvalue weighted by Gasteiger charge is -2.62. The van der Waals surface area contributed by atoms with E-state index in [0.29, 0.717) is 41.9 Å². The van der Waals surface area contributed by atoms with Crippen LogP contribution >= 0.6 is 0 Å². The third-order valence-corrected chi connectivity index (χ3v) is 11.6. The van der Waals surface area contributed by atoms with E-state index in [1.54, 1.807) is 0 Å². The Kier molecular flexibility index (Phi) is 7.47. The number of hydrogen-bond donors (Lipinski definition) is 4. The van der Waals surface area contributed by atoms with Crippen molar-refractivity contribution < 1.29 is 28.0 Å². The average molecular weight is 500 g/mol. The summed E-state index contributed by atoms with van der Waals surface area (Å²) in [7, 11) is -4.06. The topological polar surface area (TPSA) is 124 Å². The Morgan fingerprint density at radius 3 is 2.41 bits per heavy atom. The van der Waals surface area contributed by atoms with Gasteiger partial charge in [-0.05, 0) is 104 Å². The summed E-state index contributed by atoms with van der Waals surface area (Å²) in [5, 5.41) is 24.2. The molecular formula is C26H45NO6S. The highest BCUT2D eigenvalue weighted by Gasteiger charge is 2.62. The molecule has 7 nitrogen and oxygen atoms in total. The molecule has 4 rings (SSSR count). The van der Waals surface area contributed by atoms with E-state index >= 15 is 0 Å². The van der Waals surface area contributed by atoms with Crippen LogP contribution in [0.2, 0.25) is 0 Å². The van der Waals surface area contributed by atoms with E-state index in [-0.39, 0.29) is 35.5 Å². The molecule has 0 heterocycles. The SMILES string of the molecule is C[C@@H](CCC(=O)NCCS(=O)(=O)O)[C@@H]1CCC2C3C(O)CC4C[C@@H](O)CC[C@@]4(C)C3CC[C@]21C. The lowest BCUT2D eigenvalue weighted by atomic mass is 9.43. The van der Waals surface area contributed by atoms with E-state index in [2.05, 4.69) is 26.1 Å². The number of fused-ring (bicyclic) bond motifs is 5. The van der Waals surface area contributed by atoms with Crippen LogP contribution < -0.4 is 5.32 Å². The first kappa shape index (κ1) is 26.4. The van der Waals surface area contributed by atoms with E-state index in [0.717, 1.165) is 51.4 Å². The summed E-state index contributed by atoms with van der Waals surface area (Å²) in [5.74, 6) is 2.10. The average Bonchev–Trinajstić information content (AvgIpc) is 3.09. The third-order valence-electron chi connectivity index (χ3n) is 10.9. The number of amides is 1. The second-order valence-corrected chi connectivity index (χ2v) is 14.2. The maximum absolute atomic E-state index is 12.2. The molecule has 196 valence electrons. The van der Waals surface area contributed by atoms with Gasteiger partial charge in [-0.3, -0.25) is 9.35 Å².